The van der Waals surface area contributed by atoms with Crippen LogP contribution >= 0.6 is 0 Å². The Kier molecular flexibility index (Phi) is 17.9. The molecule has 0 aromatic heterocycles. The first-order chi connectivity index (χ1) is 10.8. The highest BCUT2D eigenvalue weighted by Gasteiger charge is 2.03. The third-order valence-electron chi connectivity index (χ3n) is 3.96. The summed E-state index contributed by atoms with van der Waals surface area (Å²) in [6.07, 6.45) is 24.4. The van der Waals surface area contributed by atoms with E-state index in [0.29, 0.717) is 0 Å². The summed E-state index contributed by atoms with van der Waals surface area (Å²) in [7, 11) is 3.43. The van der Waals surface area contributed by atoms with Gasteiger partial charge in [-0.2, -0.15) is 0 Å². The standard InChI is InChI=1S/C20H38O2/c1-4-5-6-7-8-9-10-11-12-13-14-15-16-17-18-19-20(21-2)22-3/h5-8,20H,4,9-19H2,1-3H3. The van der Waals surface area contributed by atoms with Gasteiger partial charge in [0.05, 0.1) is 0 Å². The monoisotopic (exact) mass is 310 g/mol. The molecule has 22 heavy (non-hydrogen) atoms. The summed E-state index contributed by atoms with van der Waals surface area (Å²) in [5.74, 6) is 0. The molecule has 0 atom stereocenters. The lowest BCUT2D eigenvalue weighted by Gasteiger charge is -2.12. The Morgan fingerprint density at radius 1 is 0.682 bits per heavy atom. The van der Waals surface area contributed by atoms with Gasteiger partial charge in [0.1, 0.15) is 0 Å². The van der Waals surface area contributed by atoms with Gasteiger partial charge in [-0.3, -0.25) is 0 Å². The maximum atomic E-state index is 5.19. The Hall–Kier alpha value is -0.600. The van der Waals surface area contributed by atoms with E-state index in [2.05, 4.69) is 31.2 Å². The molecule has 0 aliphatic heterocycles. The largest absolute Gasteiger partial charge is 0.356 e. The van der Waals surface area contributed by atoms with E-state index >= 15 is 0 Å². The van der Waals surface area contributed by atoms with Gasteiger partial charge < -0.3 is 9.47 Å². The van der Waals surface area contributed by atoms with Crippen molar-refractivity contribution in [2.24, 2.45) is 0 Å². The van der Waals surface area contributed by atoms with Crippen molar-refractivity contribution in [3.63, 3.8) is 0 Å². The smallest absolute Gasteiger partial charge is 0.156 e. The van der Waals surface area contributed by atoms with Crippen LogP contribution in [0.4, 0.5) is 0 Å². The summed E-state index contributed by atoms with van der Waals surface area (Å²) in [5.41, 5.74) is 0. The Morgan fingerprint density at radius 2 is 1.18 bits per heavy atom. The van der Waals surface area contributed by atoms with Gasteiger partial charge in [-0.15, -0.1) is 0 Å². The number of hydrogen-bond acceptors (Lipinski definition) is 2. The van der Waals surface area contributed by atoms with Crippen molar-refractivity contribution in [1.82, 2.24) is 0 Å². The zero-order chi connectivity index (χ0) is 16.3. The molecule has 0 saturated carbocycles. The molecule has 0 unspecified atom stereocenters. The summed E-state index contributed by atoms with van der Waals surface area (Å²) >= 11 is 0. The quantitative estimate of drug-likeness (QED) is 0.186. The van der Waals surface area contributed by atoms with E-state index in [9.17, 15) is 0 Å². The Bertz CT molecular complexity index is 254. The Labute approximate surface area is 139 Å². The molecule has 0 aromatic carbocycles. The summed E-state index contributed by atoms with van der Waals surface area (Å²) < 4.78 is 10.4. The lowest BCUT2D eigenvalue weighted by Crippen LogP contribution is -2.12. The van der Waals surface area contributed by atoms with Gasteiger partial charge in [-0.05, 0) is 32.1 Å². The minimum Gasteiger partial charge on any atom is -0.356 e. The van der Waals surface area contributed by atoms with E-state index in [0.717, 1.165) is 12.8 Å². The normalized spacial score (nSPS) is 12.2. The van der Waals surface area contributed by atoms with Gasteiger partial charge in [0, 0.05) is 14.2 Å². The fraction of sp³-hybridized carbons (Fsp3) is 0.800. The molecule has 0 rings (SSSR count). The molecule has 2 heteroatoms. The second kappa shape index (κ2) is 18.4. The zero-order valence-electron chi connectivity index (χ0n) is 15.2. The van der Waals surface area contributed by atoms with Crippen molar-refractivity contribution < 1.29 is 9.47 Å². The second-order valence-corrected chi connectivity index (χ2v) is 5.92. The minimum absolute atomic E-state index is 0.00786. The highest BCUT2D eigenvalue weighted by molar-refractivity contribution is 5.01. The molecule has 0 aromatic rings. The first-order valence-electron chi connectivity index (χ1n) is 9.22. The fourth-order valence-corrected chi connectivity index (χ4v) is 2.53. The SMILES string of the molecule is CCC=CC=CCCCCCCCCCCCC(OC)OC. The maximum Gasteiger partial charge on any atom is 0.156 e. The van der Waals surface area contributed by atoms with E-state index in [4.69, 9.17) is 9.47 Å². The number of allylic oxidation sites excluding steroid dienone is 4. The minimum atomic E-state index is -0.00786. The molecule has 0 fully saturated rings. The van der Waals surface area contributed by atoms with E-state index in [1.165, 1.54) is 64.2 Å². The van der Waals surface area contributed by atoms with E-state index in [-0.39, 0.29) is 6.29 Å². The molecular weight excluding hydrogens is 272 g/mol. The van der Waals surface area contributed by atoms with Crippen LogP contribution in [0.15, 0.2) is 24.3 Å². The molecule has 0 aliphatic rings. The maximum absolute atomic E-state index is 5.19. The summed E-state index contributed by atoms with van der Waals surface area (Å²) in [6.45, 7) is 2.17. The number of hydrogen-bond donors (Lipinski definition) is 0. The Morgan fingerprint density at radius 3 is 1.73 bits per heavy atom. The predicted octanol–water partition coefficient (Wildman–Crippen LogP) is 6.42. The van der Waals surface area contributed by atoms with Gasteiger partial charge in [-0.1, -0.05) is 76.2 Å². The highest BCUT2D eigenvalue weighted by Crippen LogP contribution is 2.13. The first-order valence-corrected chi connectivity index (χ1v) is 9.22. The molecule has 2 nitrogen and oxygen atoms in total. The third-order valence-corrected chi connectivity index (χ3v) is 3.96. The molecule has 0 saturated heterocycles. The van der Waals surface area contributed by atoms with Gasteiger partial charge in [0.15, 0.2) is 6.29 Å². The van der Waals surface area contributed by atoms with Crippen molar-refractivity contribution in [1.29, 1.82) is 0 Å². The van der Waals surface area contributed by atoms with Crippen LogP contribution in [-0.4, -0.2) is 20.5 Å². The number of methoxy groups -OCH3 is 2. The molecular formula is C20H38O2. The molecule has 0 bridgehead atoms. The number of unbranched alkanes of at least 4 members (excludes halogenated alkanes) is 9. The molecule has 130 valence electrons. The summed E-state index contributed by atoms with van der Waals surface area (Å²) in [4.78, 5) is 0. The molecule has 0 aliphatic carbocycles. The second-order valence-electron chi connectivity index (χ2n) is 5.92. The van der Waals surface area contributed by atoms with E-state index < -0.39 is 0 Å². The highest BCUT2D eigenvalue weighted by atomic mass is 16.7. The lowest BCUT2D eigenvalue weighted by atomic mass is 10.1. The topological polar surface area (TPSA) is 18.5 Å². The number of rotatable bonds is 16. The van der Waals surface area contributed by atoms with E-state index in [1.807, 2.05) is 0 Å². The van der Waals surface area contributed by atoms with Crippen LogP contribution in [0.3, 0.4) is 0 Å². The third kappa shape index (κ3) is 15.8. The van der Waals surface area contributed by atoms with Crippen molar-refractivity contribution >= 4 is 0 Å². The van der Waals surface area contributed by atoms with Gasteiger partial charge in [-0.25, -0.2) is 0 Å². The molecule has 0 amide bonds. The molecule has 0 spiro atoms. The van der Waals surface area contributed by atoms with E-state index in [1.54, 1.807) is 14.2 Å². The van der Waals surface area contributed by atoms with Crippen LogP contribution < -0.4 is 0 Å². The average Bonchev–Trinajstić information content (AvgIpc) is 2.55. The first kappa shape index (κ1) is 21.4. The van der Waals surface area contributed by atoms with Crippen molar-refractivity contribution in [3.05, 3.63) is 24.3 Å². The van der Waals surface area contributed by atoms with Crippen LogP contribution in [-0.2, 0) is 9.47 Å². The van der Waals surface area contributed by atoms with Crippen LogP contribution in [0.1, 0.15) is 84.0 Å². The molecule has 0 heterocycles. The van der Waals surface area contributed by atoms with Crippen LogP contribution in [0, 0.1) is 0 Å². The molecule has 0 radical (unpaired) electrons. The Balaban J connectivity index is 3.14. The van der Waals surface area contributed by atoms with Gasteiger partial charge in [0.2, 0.25) is 0 Å². The molecule has 0 N–H and O–H groups in total. The zero-order valence-corrected chi connectivity index (χ0v) is 15.2. The van der Waals surface area contributed by atoms with Gasteiger partial charge >= 0.3 is 0 Å². The van der Waals surface area contributed by atoms with Crippen LogP contribution in [0.25, 0.3) is 0 Å². The fourth-order valence-electron chi connectivity index (χ4n) is 2.53. The average molecular weight is 311 g/mol. The van der Waals surface area contributed by atoms with Crippen molar-refractivity contribution in [2.45, 2.75) is 90.3 Å². The van der Waals surface area contributed by atoms with Crippen molar-refractivity contribution in [2.75, 3.05) is 14.2 Å². The number of ether oxygens (including phenoxy) is 2. The van der Waals surface area contributed by atoms with Crippen LogP contribution in [0.5, 0.6) is 0 Å². The lowest BCUT2D eigenvalue weighted by molar-refractivity contribution is -0.107. The summed E-state index contributed by atoms with van der Waals surface area (Å²) in [6, 6.07) is 0. The van der Waals surface area contributed by atoms with Gasteiger partial charge in [0.25, 0.3) is 0 Å². The summed E-state index contributed by atoms with van der Waals surface area (Å²) in [5, 5.41) is 0. The van der Waals surface area contributed by atoms with Crippen molar-refractivity contribution in [3.8, 4) is 0 Å². The van der Waals surface area contributed by atoms with Crippen LogP contribution in [0.2, 0.25) is 0 Å². The predicted molar refractivity (Wildman–Crippen MR) is 97.2 cm³/mol.